The molecule has 0 radical (unpaired) electrons. The number of carbonyl (C=O) groups excluding carboxylic acids is 1. The van der Waals surface area contributed by atoms with Crippen LogP contribution in [0, 0.1) is 0 Å². The second-order valence-corrected chi connectivity index (χ2v) is 5.91. The van der Waals surface area contributed by atoms with Crippen LogP contribution in [0.4, 0.5) is 0 Å². The van der Waals surface area contributed by atoms with Crippen LogP contribution in [-0.4, -0.2) is 58.9 Å². The SMILES string of the molecule is CN=C(NCCCOc1ccc2ccccc2c1)NCC(=O)NCCOC.I. The smallest absolute Gasteiger partial charge is 0.239 e. The third kappa shape index (κ3) is 8.75. The van der Waals surface area contributed by atoms with Crippen LogP contribution in [0.3, 0.4) is 0 Å². The van der Waals surface area contributed by atoms with Gasteiger partial charge in [-0.2, -0.15) is 0 Å². The van der Waals surface area contributed by atoms with Crippen molar-refractivity contribution in [2.24, 2.45) is 4.99 Å². The summed E-state index contributed by atoms with van der Waals surface area (Å²) in [5.74, 6) is 1.35. The molecule has 0 aliphatic carbocycles. The number of methoxy groups -OCH3 is 1. The zero-order chi connectivity index (χ0) is 19.3. The lowest BCUT2D eigenvalue weighted by Gasteiger charge is -2.12. The fourth-order valence-electron chi connectivity index (χ4n) is 2.47. The minimum absolute atomic E-state index is 0. The number of benzene rings is 2. The van der Waals surface area contributed by atoms with Gasteiger partial charge in [0.25, 0.3) is 0 Å². The number of nitrogens with zero attached hydrogens (tertiary/aromatic N) is 1. The summed E-state index contributed by atoms with van der Waals surface area (Å²) >= 11 is 0. The zero-order valence-corrected chi connectivity index (χ0v) is 18.7. The maximum Gasteiger partial charge on any atom is 0.239 e. The van der Waals surface area contributed by atoms with Gasteiger partial charge in [0.2, 0.25) is 5.91 Å². The number of rotatable bonds is 10. The molecule has 8 heteroatoms. The maximum atomic E-state index is 11.6. The molecular weight excluding hydrogens is 471 g/mol. The molecule has 0 unspecified atom stereocenters. The van der Waals surface area contributed by atoms with E-state index in [2.05, 4.69) is 39.1 Å². The number of amides is 1. The number of nitrogens with one attached hydrogen (secondary N) is 3. The summed E-state index contributed by atoms with van der Waals surface area (Å²) in [6, 6.07) is 14.3. The molecule has 0 saturated carbocycles. The van der Waals surface area contributed by atoms with Crippen LogP contribution in [-0.2, 0) is 9.53 Å². The summed E-state index contributed by atoms with van der Waals surface area (Å²) in [6.07, 6.45) is 0.813. The highest BCUT2D eigenvalue weighted by atomic mass is 127. The summed E-state index contributed by atoms with van der Waals surface area (Å²) in [5.41, 5.74) is 0. The molecule has 2 aromatic carbocycles. The van der Waals surface area contributed by atoms with Gasteiger partial charge in [0.1, 0.15) is 5.75 Å². The predicted octanol–water partition coefficient (Wildman–Crippen LogP) is 2.15. The standard InChI is InChI=1S/C20H28N4O3.HI/c1-21-20(24-15-19(25)22-11-13-26-2)23-10-5-12-27-18-9-8-16-6-3-4-7-17(16)14-18;/h3-4,6-9,14H,5,10-13,15H2,1-2H3,(H,22,25)(H2,21,23,24);1H. The third-order valence-corrected chi connectivity index (χ3v) is 3.87. The second kappa shape index (κ2) is 14.0. The van der Waals surface area contributed by atoms with Crippen LogP contribution >= 0.6 is 24.0 Å². The van der Waals surface area contributed by atoms with Gasteiger partial charge in [0, 0.05) is 27.2 Å². The van der Waals surface area contributed by atoms with Gasteiger partial charge in [-0.15, -0.1) is 24.0 Å². The fourth-order valence-corrected chi connectivity index (χ4v) is 2.47. The first-order valence-corrected chi connectivity index (χ1v) is 9.04. The van der Waals surface area contributed by atoms with E-state index in [4.69, 9.17) is 9.47 Å². The van der Waals surface area contributed by atoms with Gasteiger partial charge >= 0.3 is 0 Å². The van der Waals surface area contributed by atoms with Crippen LogP contribution in [0.15, 0.2) is 47.5 Å². The normalized spacial score (nSPS) is 10.9. The van der Waals surface area contributed by atoms with Crippen molar-refractivity contribution in [3.8, 4) is 5.75 Å². The Morgan fingerprint density at radius 3 is 2.54 bits per heavy atom. The van der Waals surface area contributed by atoms with Gasteiger partial charge in [-0.05, 0) is 29.3 Å². The maximum absolute atomic E-state index is 11.6. The Bertz CT molecular complexity index is 755. The van der Waals surface area contributed by atoms with E-state index in [-0.39, 0.29) is 36.4 Å². The molecule has 0 aliphatic rings. The van der Waals surface area contributed by atoms with Gasteiger partial charge in [-0.25, -0.2) is 0 Å². The van der Waals surface area contributed by atoms with Crippen LogP contribution in [0.2, 0.25) is 0 Å². The second-order valence-electron chi connectivity index (χ2n) is 5.91. The lowest BCUT2D eigenvalue weighted by atomic mass is 10.1. The molecule has 7 nitrogen and oxygen atoms in total. The van der Waals surface area contributed by atoms with Gasteiger partial charge in [-0.3, -0.25) is 9.79 Å². The summed E-state index contributed by atoms with van der Waals surface area (Å²) in [4.78, 5) is 15.7. The number of halogens is 1. The van der Waals surface area contributed by atoms with Crippen molar-refractivity contribution in [1.82, 2.24) is 16.0 Å². The van der Waals surface area contributed by atoms with Gasteiger partial charge in [-0.1, -0.05) is 30.3 Å². The average molecular weight is 500 g/mol. The molecule has 2 aromatic rings. The van der Waals surface area contributed by atoms with Gasteiger partial charge in [0.15, 0.2) is 5.96 Å². The molecule has 0 saturated heterocycles. The third-order valence-electron chi connectivity index (χ3n) is 3.87. The number of hydrogen-bond acceptors (Lipinski definition) is 4. The van der Waals surface area contributed by atoms with Crippen molar-refractivity contribution in [3.05, 3.63) is 42.5 Å². The Kier molecular flexibility index (Phi) is 12.0. The minimum atomic E-state index is -0.102. The van der Waals surface area contributed by atoms with Gasteiger partial charge < -0.3 is 25.4 Å². The average Bonchev–Trinajstić information content (AvgIpc) is 2.70. The molecule has 0 fully saturated rings. The molecular formula is C20H29IN4O3. The predicted molar refractivity (Wildman–Crippen MR) is 124 cm³/mol. The Balaban J connectivity index is 0.00000392. The number of fused-ring (bicyclic) bond motifs is 1. The molecule has 154 valence electrons. The molecule has 28 heavy (non-hydrogen) atoms. The first-order valence-electron chi connectivity index (χ1n) is 9.04. The Labute approximate surface area is 183 Å². The first-order chi connectivity index (χ1) is 13.2. The monoisotopic (exact) mass is 500 g/mol. The van der Waals surface area contributed by atoms with E-state index >= 15 is 0 Å². The van der Waals surface area contributed by atoms with Crippen molar-refractivity contribution < 1.29 is 14.3 Å². The highest BCUT2D eigenvalue weighted by Gasteiger charge is 2.03. The summed E-state index contributed by atoms with van der Waals surface area (Å²) < 4.78 is 10.7. The first kappa shape index (κ1) is 24.0. The molecule has 0 heterocycles. The van der Waals surface area contributed by atoms with E-state index in [1.165, 1.54) is 10.8 Å². The fraction of sp³-hybridized carbons (Fsp3) is 0.400. The van der Waals surface area contributed by atoms with E-state index in [1.807, 2.05) is 24.3 Å². The molecule has 0 aliphatic heterocycles. The van der Waals surface area contributed by atoms with E-state index in [0.717, 1.165) is 12.2 Å². The topological polar surface area (TPSA) is 84.0 Å². The lowest BCUT2D eigenvalue weighted by Crippen LogP contribution is -2.44. The Morgan fingerprint density at radius 2 is 1.79 bits per heavy atom. The zero-order valence-electron chi connectivity index (χ0n) is 16.4. The minimum Gasteiger partial charge on any atom is -0.494 e. The van der Waals surface area contributed by atoms with Crippen LogP contribution in [0.1, 0.15) is 6.42 Å². The number of carbonyl (C=O) groups is 1. The van der Waals surface area contributed by atoms with E-state index < -0.39 is 0 Å². The molecule has 2 rings (SSSR count). The largest absolute Gasteiger partial charge is 0.494 e. The van der Waals surface area contributed by atoms with Crippen molar-refractivity contribution in [2.75, 3.05) is 47.0 Å². The summed E-state index contributed by atoms with van der Waals surface area (Å²) in [6.45, 7) is 2.44. The molecule has 0 atom stereocenters. The van der Waals surface area contributed by atoms with Crippen molar-refractivity contribution in [1.29, 1.82) is 0 Å². The van der Waals surface area contributed by atoms with Crippen molar-refractivity contribution in [2.45, 2.75) is 6.42 Å². The Hall–Kier alpha value is -2.07. The van der Waals surface area contributed by atoms with Crippen molar-refractivity contribution >= 4 is 46.6 Å². The molecule has 0 bridgehead atoms. The molecule has 0 aromatic heterocycles. The van der Waals surface area contributed by atoms with Gasteiger partial charge in [0.05, 0.1) is 19.8 Å². The highest BCUT2D eigenvalue weighted by Crippen LogP contribution is 2.20. The quantitative estimate of drug-likeness (QED) is 0.202. The highest BCUT2D eigenvalue weighted by molar-refractivity contribution is 14.0. The van der Waals surface area contributed by atoms with E-state index in [9.17, 15) is 4.79 Å². The molecule has 1 amide bonds. The number of aliphatic imine (C=N–C) groups is 1. The number of hydrogen-bond donors (Lipinski definition) is 3. The van der Waals surface area contributed by atoms with Crippen LogP contribution in [0.5, 0.6) is 5.75 Å². The Morgan fingerprint density at radius 1 is 1.00 bits per heavy atom. The van der Waals surface area contributed by atoms with E-state index in [1.54, 1.807) is 14.2 Å². The molecule has 3 N–H and O–H groups in total. The number of ether oxygens (including phenoxy) is 2. The summed E-state index contributed by atoms with van der Waals surface area (Å²) in [7, 11) is 3.27. The van der Waals surface area contributed by atoms with Crippen LogP contribution < -0.4 is 20.7 Å². The van der Waals surface area contributed by atoms with E-state index in [0.29, 0.717) is 32.3 Å². The lowest BCUT2D eigenvalue weighted by molar-refractivity contribution is -0.120. The van der Waals surface area contributed by atoms with Crippen LogP contribution in [0.25, 0.3) is 10.8 Å². The number of guanidine groups is 1. The molecule has 0 spiro atoms. The summed E-state index contributed by atoms with van der Waals surface area (Å²) in [5, 5.41) is 11.2. The van der Waals surface area contributed by atoms with Crippen molar-refractivity contribution in [3.63, 3.8) is 0 Å².